The largest absolute Gasteiger partial charge is 0.497 e. The molecule has 1 amide bonds. The lowest BCUT2D eigenvalue weighted by Crippen LogP contribution is -2.62. The first-order valence-electron chi connectivity index (χ1n) is 10.4. The van der Waals surface area contributed by atoms with Gasteiger partial charge in [-0.2, -0.15) is 0 Å². The summed E-state index contributed by atoms with van der Waals surface area (Å²) >= 11 is 0. The predicted molar refractivity (Wildman–Crippen MR) is 112 cm³/mol. The summed E-state index contributed by atoms with van der Waals surface area (Å²) in [6.07, 6.45) is 2.50. The van der Waals surface area contributed by atoms with Crippen molar-refractivity contribution in [1.29, 1.82) is 0 Å². The average molecular weight is 395 g/mol. The molecule has 0 bridgehead atoms. The van der Waals surface area contributed by atoms with Gasteiger partial charge in [0.15, 0.2) is 0 Å². The van der Waals surface area contributed by atoms with E-state index in [2.05, 4.69) is 28.4 Å². The van der Waals surface area contributed by atoms with Crippen LogP contribution in [0.25, 0.3) is 0 Å². The molecule has 2 aliphatic rings. The van der Waals surface area contributed by atoms with Crippen LogP contribution in [0, 0.1) is 5.92 Å². The zero-order chi connectivity index (χ0) is 20.4. The molecule has 0 radical (unpaired) electrons. The monoisotopic (exact) mass is 394 g/mol. The van der Waals surface area contributed by atoms with Crippen LogP contribution in [-0.4, -0.2) is 41.2 Å². The topological polar surface area (TPSA) is 61.8 Å². The maximum Gasteiger partial charge on any atom is 0.223 e. The van der Waals surface area contributed by atoms with E-state index in [-0.39, 0.29) is 23.9 Å². The van der Waals surface area contributed by atoms with Crippen LogP contribution in [0.5, 0.6) is 5.75 Å². The van der Waals surface area contributed by atoms with Gasteiger partial charge >= 0.3 is 0 Å². The number of nitrogens with zero attached hydrogens (tertiary/aromatic N) is 1. The second-order valence-electron chi connectivity index (χ2n) is 8.55. The Morgan fingerprint density at radius 2 is 1.97 bits per heavy atom. The van der Waals surface area contributed by atoms with Gasteiger partial charge in [0.2, 0.25) is 5.91 Å². The fraction of sp³-hybridized carbons (Fsp3) is 0.458. The molecule has 5 heteroatoms. The first-order chi connectivity index (χ1) is 14.0. The van der Waals surface area contributed by atoms with Gasteiger partial charge in [-0.15, -0.1) is 0 Å². The molecule has 2 aromatic carbocycles. The molecule has 2 aromatic rings. The molecule has 1 saturated heterocycles. The summed E-state index contributed by atoms with van der Waals surface area (Å²) in [5.74, 6) is 1.01. The molecule has 1 aliphatic heterocycles. The van der Waals surface area contributed by atoms with Gasteiger partial charge in [-0.05, 0) is 49.4 Å². The second kappa shape index (κ2) is 8.17. The van der Waals surface area contributed by atoms with Gasteiger partial charge in [0, 0.05) is 19.0 Å². The lowest BCUT2D eigenvalue weighted by Gasteiger charge is -2.49. The van der Waals surface area contributed by atoms with Crippen LogP contribution in [-0.2, 0) is 11.3 Å². The number of rotatable bonds is 6. The average Bonchev–Trinajstić information content (AvgIpc) is 3.57. The highest BCUT2D eigenvalue weighted by molar-refractivity contribution is 5.81. The molecule has 154 valence electrons. The Morgan fingerprint density at radius 1 is 1.21 bits per heavy atom. The van der Waals surface area contributed by atoms with Gasteiger partial charge in [0.25, 0.3) is 0 Å². The van der Waals surface area contributed by atoms with Crippen LogP contribution in [0.3, 0.4) is 0 Å². The van der Waals surface area contributed by atoms with Crippen LogP contribution < -0.4 is 10.1 Å². The molecule has 0 aromatic heterocycles. The minimum atomic E-state index is -0.962. The third-order valence-electron chi connectivity index (χ3n) is 6.19. The number of carbonyl (C=O) groups excluding carboxylic acids is 1. The minimum absolute atomic E-state index is 0.0689. The summed E-state index contributed by atoms with van der Waals surface area (Å²) in [7, 11) is 1.67. The van der Waals surface area contributed by atoms with Gasteiger partial charge in [-0.1, -0.05) is 42.5 Å². The molecular formula is C24H30N2O3. The third kappa shape index (κ3) is 4.46. The number of benzene rings is 2. The van der Waals surface area contributed by atoms with E-state index in [0.717, 1.165) is 42.8 Å². The number of aliphatic hydroxyl groups is 1. The highest BCUT2D eigenvalue weighted by Crippen LogP contribution is 2.39. The molecule has 5 nitrogen and oxygen atoms in total. The summed E-state index contributed by atoms with van der Waals surface area (Å²) in [5.41, 5.74) is 1.30. The van der Waals surface area contributed by atoms with Crippen molar-refractivity contribution in [3.05, 3.63) is 65.7 Å². The van der Waals surface area contributed by atoms with E-state index >= 15 is 0 Å². The Balaban J connectivity index is 1.66. The molecule has 4 rings (SSSR count). The maximum absolute atomic E-state index is 12.6. The number of hydrogen-bond acceptors (Lipinski definition) is 4. The summed E-state index contributed by atoms with van der Waals surface area (Å²) < 4.78 is 5.38. The molecule has 0 spiro atoms. The van der Waals surface area contributed by atoms with Crippen molar-refractivity contribution in [3.63, 3.8) is 0 Å². The van der Waals surface area contributed by atoms with E-state index < -0.39 is 5.60 Å². The predicted octanol–water partition coefficient (Wildman–Crippen LogP) is 3.29. The Labute approximate surface area is 172 Å². The Bertz CT molecular complexity index is 848. The number of methoxy groups -OCH3 is 1. The number of hydrogen-bond donors (Lipinski definition) is 2. The van der Waals surface area contributed by atoms with E-state index in [1.165, 1.54) is 0 Å². The van der Waals surface area contributed by atoms with Crippen molar-refractivity contribution in [1.82, 2.24) is 10.2 Å². The van der Waals surface area contributed by atoms with Crippen LogP contribution in [0.4, 0.5) is 0 Å². The van der Waals surface area contributed by atoms with Crippen LogP contribution in [0.1, 0.15) is 43.4 Å². The van der Waals surface area contributed by atoms with Crippen LogP contribution in [0.2, 0.25) is 0 Å². The van der Waals surface area contributed by atoms with Gasteiger partial charge in [-0.25, -0.2) is 0 Å². The van der Waals surface area contributed by atoms with E-state index in [1.807, 2.05) is 43.3 Å². The zero-order valence-electron chi connectivity index (χ0n) is 17.2. The van der Waals surface area contributed by atoms with Crippen molar-refractivity contribution in [2.24, 2.45) is 5.92 Å². The fourth-order valence-electron chi connectivity index (χ4n) is 4.30. The van der Waals surface area contributed by atoms with Crippen molar-refractivity contribution >= 4 is 5.91 Å². The molecule has 2 N–H and O–H groups in total. The molecule has 3 atom stereocenters. The molecule has 0 unspecified atom stereocenters. The van der Waals surface area contributed by atoms with E-state index in [9.17, 15) is 9.90 Å². The fourth-order valence-corrected chi connectivity index (χ4v) is 4.30. The number of ether oxygens (including phenoxy) is 1. The highest BCUT2D eigenvalue weighted by Gasteiger charge is 2.47. The Hall–Kier alpha value is -2.37. The van der Waals surface area contributed by atoms with Gasteiger partial charge in [0.05, 0.1) is 24.8 Å². The lowest BCUT2D eigenvalue weighted by atomic mass is 9.79. The smallest absolute Gasteiger partial charge is 0.223 e. The van der Waals surface area contributed by atoms with Gasteiger partial charge < -0.3 is 15.2 Å². The summed E-state index contributed by atoms with van der Waals surface area (Å²) in [4.78, 5) is 15.0. The first kappa shape index (κ1) is 19.9. The van der Waals surface area contributed by atoms with Crippen molar-refractivity contribution in [3.8, 4) is 5.75 Å². The van der Waals surface area contributed by atoms with Crippen molar-refractivity contribution in [2.75, 3.05) is 13.7 Å². The lowest BCUT2D eigenvalue weighted by molar-refractivity contribution is -0.130. The zero-order valence-corrected chi connectivity index (χ0v) is 17.2. The van der Waals surface area contributed by atoms with Gasteiger partial charge in [0.1, 0.15) is 5.75 Å². The Morgan fingerprint density at radius 3 is 2.66 bits per heavy atom. The van der Waals surface area contributed by atoms with Crippen molar-refractivity contribution in [2.45, 2.75) is 50.4 Å². The van der Waals surface area contributed by atoms with Crippen LogP contribution in [0.15, 0.2) is 54.6 Å². The standard InChI is InChI=1S/C24H30N2O3/c1-24(28)13-14-26(16-17-7-6-10-20(15-17)29-2)21(18-8-4-3-5-9-18)22(24)25-23(27)19-11-12-19/h3-10,15,19,21-22,28H,11-14,16H2,1-2H3,(H,25,27)/t21-,22-,24+/m0/s1. The SMILES string of the molecule is COc1cccc(CN2CC[C@@](C)(O)[C@@H](NC(=O)C3CC3)[C@@H]2c2ccccc2)c1. The second-order valence-corrected chi connectivity index (χ2v) is 8.55. The minimum Gasteiger partial charge on any atom is -0.497 e. The highest BCUT2D eigenvalue weighted by atomic mass is 16.5. The van der Waals surface area contributed by atoms with Crippen molar-refractivity contribution < 1.29 is 14.6 Å². The van der Waals surface area contributed by atoms with E-state index in [1.54, 1.807) is 7.11 Å². The molecule has 2 fully saturated rings. The van der Waals surface area contributed by atoms with Crippen LogP contribution >= 0.6 is 0 Å². The first-order valence-corrected chi connectivity index (χ1v) is 10.4. The number of nitrogens with one attached hydrogen (secondary N) is 1. The third-order valence-corrected chi connectivity index (χ3v) is 6.19. The summed E-state index contributed by atoms with van der Waals surface area (Å²) in [6, 6.07) is 17.8. The molecule has 1 aliphatic carbocycles. The quantitative estimate of drug-likeness (QED) is 0.789. The number of piperidine rings is 1. The van der Waals surface area contributed by atoms with Gasteiger partial charge in [-0.3, -0.25) is 9.69 Å². The molecule has 29 heavy (non-hydrogen) atoms. The summed E-state index contributed by atoms with van der Waals surface area (Å²) in [6.45, 7) is 3.33. The molecule has 1 saturated carbocycles. The Kier molecular flexibility index (Phi) is 5.61. The number of carbonyl (C=O) groups is 1. The summed E-state index contributed by atoms with van der Waals surface area (Å²) in [5, 5.41) is 14.4. The number of amides is 1. The number of likely N-dealkylation sites (tertiary alicyclic amines) is 1. The van der Waals surface area contributed by atoms with E-state index in [0.29, 0.717) is 6.42 Å². The normalized spacial score (nSPS) is 27.4. The molecule has 1 heterocycles. The van der Waals surface area contributed by atoms with E-state index in [4.69, 9.17) is 4.74 Å². The maximum atomic E-state index is 12.6. The molecular weight excluding hydrogens is 364 g/mol.